The molecular formula is C39H62Cl2N6O10S. The van der Waals surface area contributed by atoms with Gasteiger partial charge in [-0.05, 0) is 67.3 Å². The molecule has 5 N–H and O–H groups in total. The number of fused-ring (bicyclic) bond motifs is 1. The number of amides is 4. The summed E-state index contributed by atoms with van der Waals surface area (Å²) in [6, 6.07) is 10.0. The van der Waals surface area contributed by atoms with Gasteiger partial charge in [0, 0.05) is 68.4 Å². The summed E-state index contributed by atoms with van der Waals surface area (Å²) in [7, 11) is -1.75. The molecule has 0 radical (unpaired) electrons. The number of hydrogen-bond donors (Lipinski definition) is 5. The summed E-state index contributed by atoms with van der Waals surface area (Å²) < 4.78 is 61.4. The van der Waals surface area contributed by atoms with Crippen molar-refractivity contribution in [2.75, 3.05) is 126 Å². The van der Waals surface area contributed by atoms with Crippen molar-refractivity contribution in [3.05, 3.63) is 63.1 Å². The van der Waals surface area contributed by atoms with Crippen LogP contribution in [0.5, 0.6) is 0 Å². The van der Waals surface area contributed by atoms with Crippen molar-refractivity contribution >= 4 is 45.3 Å². The van der Waals surface area contributed by atoms with Gasteiger partial charge in [-0.1, -0.05) is 42.3 Å². The highest BCUT2D eigenvalue weighted by atomic mass is 35.5. The highest BCUT2D eigenvalue weighted by Crippen LogP contribution is 2.38. The molecule has 1 aliphatic rings. The molecule has 0 aromatic heterocycles. The van der Waals surface area contributed by atoms with Crippen LogP contribution >= 0.6 is 23.2 Å². The van der Waals surface area contributed by atoms with Gasteiger partial charge < -0.3 is 54.6 Å². The molecule has 1 heterocycles. The zero-order chi connectivity index (χ0) is 41.9. The average molecular weight is 878 g/mol. The molecule has 0 fully saturated rings. The van der Waals surface area contributed by atoms with E-state index in [-0.39, 0.29) is 36.0 Å². The van der Waals surface area contributed by atoms with Crippen LogP contribution in [0.4, 0.5) is 9.59 Å². The van der Waals surface area contributed by atoms with Gasteiger partial charge in [-0.25, -0.2) is 22.7 Å². The second-order valence-electron chi connectivity index (χ2n) is 13.4. The van der Waals surface area contributed by atoms with Crippen molar-refractivity contribution in [1.29, 1.82) is 0 Å². The van der Waals surface area contributed by atoms with Gasteiger partial charge in [0.2, 0.25) is 10.0 Å². The molecule has 0 saturated carbocycles. The molecule has 0 saturated heterocycles. The lowest BCUT2D eigenvalue weighted by molar-refractivity contribution is 0.0155. The Labute approximate surface area is 353 Å². The number of nitrogens with one attached hydrogen (secondary N) is 5. The molecule has 0 spiro atoms. The molecule has 4 amide bonds. The van der Waals surface area contributed by atoms with E-state index < -0.39 is 10.0 Å². The number of nitrogens with zero attached hydrogens (tertiary/aromatic N) is 1. The van der Waals surface area contributed by atoms with E-state index in [4.69, 9.17) is 51.6 Å². The smallest absolute Gasteiger partial charge is 0.314 e. The third-order valence-electron chi connectivity index (χ3n) is 8.68. The fourth-order valence-corrected chi connectivity index (χ4v) is 7.48. The number of hydrogen-bond acceptors (Lipinski definition) is 11. The number of sulfonamides is 1. The van der Waals surface area contributed by atoms with E-state index in [1.54, 1.807) is 24.3 Å². The summed E-state index contributed by atoms with van der Waals surface area (Å²) in [5, 5.41) is 12.2. The maximum atomic E-state index is 13.1. The molecule has 2 aromatic rings. The number of unbranched alkanes of at least 4 members (excludes halogenated alkanes) is 1. The van der Waals surface area contributed by atoms with Crippen LogP contribution in [-0.4, -0.2) is 151 Å². The molecule has 58 heavy (non-hydrogen) atoms. The Morgan fingerprint density at radius 3 is 1.74 bits per heavy atom. The number of benzene rings is 2. The molecule has 328 valence electrons. The summed E-state index contributed by atoms with van der Waals surface area (Å²) in [5.74, 6) is -0.0767. The number of halogens is 2. The predicted octanol–water partition coefficient (Wildman–Crippen LogP) is 3.74. The van der Waals surface area contributed by atoms with Gasteiger partial charge in [0.25, 0.3) is 0 Å². The van der Waals surface area contributed by atoms with E-state index >= 15 is 0 Å². The molecule has 3 rings (SSSR count). The van der Waals surface area contributed by atoms with Gasteiger partial charge in [0.05, 0.1) is 77.6 Å². The first-order valence-electron chi connectivity index (χ1n) is 19.9. The van der Waals surface area contributed by atoms with Crippen LogP contribution in [0.2, 0.25) is 10.0 Å². The van der Waals surface area contributed by atoms with Crippen LogP contribution in [0, 0.1) is 0 Å². The zero-order valence-corrected chi connectivity index (χ0v) is 36.1. The van der Waals surface area contributed by atoms with Gasteiger partial charge >= 0.3 is 12.1 Å². The lowest BCUT2D eigenvalue weighted by Crippen LogP contribution is -2.39. The highest BCUT2D eigenvalue weighted by Gasteiger charge is 2.28. The third-order valence-corrected chi connectivity index (χ3v) is 10.7. The molecule has 0 unspecified atom stereocenters. The lowest BCUT2D eigenvalue weighted by atomic mass is 9.85. The Hall–Kier alpha value is -2.81. The van der Waals surface area contributed by atoms with E-state index in [9.17, 15) is 18.0 Å². The summed E-state index contributed by atoms with van der Waals surface area (Å²) in [6.45, 7) is 10.3. The fourth-order valence-electron chi connectivity index (χ4n) is 5.84. The molecule has 1 atom stereocenters. The second-order valence-corrected chi connectivity index (χ2v) is 16.0. The molecule has 0 aliphatic carbocycles. The fraction of sp³-hybridized carbons (Fsp3) is 0.641. The summed E-state index contributed by atoms with van der Waals surface area (Å²) in [6.07, 6.45) is 2.42. The number of urea groups is 2. The maximum Gasteiger partial charge on any atom is 0.314 e. The Morgan fingerprint density at radius 1 is 0.690 bits per heavy atom. The molecular weight excluding hydrogens is 815 g/mol. The Kier molecular flexibility index (Phi) is 25.1. The minimum absolute atomic E-state index is 0.0767. The predicted molar refractivity (Wildman–Crippen MR) is 224 cm³/mol. The quantitative estimate of drug-likeness (QED) is 0.0696. The first-order valence-corrected chi connectivity index (χ1v) is 22.1. The molecule has 0 bridgehead atoms. The van der Waals surface area contributed by atoms with Crippen molar-refractivity contribution in [2.24, 2.45) is 0 Å². The van der Waals surface area contributed by atoms with E-state index in [0.717, 1.165) is 29.7 Å². The van der Waals surface area contributed by atoms with Crippen molar-refractivity contribution in [3.8, 4) is 0 Å². The monoisotopic (exact) mass is 876 g/mol. The number of ether oxygens (including phenoxy) is 6. The summed E-state index contributed by atoms with van der Waals surface area (Å²) >= 11 is 12.8. The normalized spacial score (nSPS) is 14.2. The van der Waals surface area contributed by atoms with Crippen LogP contribution in [0.3, 0.4) is 0 Å². The highest BCUT2D eigenvalue weighted by molar-refractivity contribution is 7.89. The largest absolute Gasteiger partial charge is 0.379 e. The van der Waals surface area contributed by atoms with Crippen LogP contribution in [0.15, 0.2) is 41.3 Å². The number of likely N-dealkylation sites (N-methyl/N-ethyl adjacent to an activating group) is 1. The number of carbonyl (C=O) groups is 2. The van der Waals surface area contributed by atoms with E-state index in [2.05, 4.69) is 37.8 Å². The Morgan fingerprint density at radius 2 is 1.19 bits per heavy atom. The van der Waals surface area contributed by atoms with E-state index in [0.29, 0.717) is 128 Å². The lowest BCUT2D eigenvalue weighted by Gasteiger charge is -2.33. The van der Waals surface area contributed by atoms with Gasteiger partial charge in [-0.3, -0.25) is 0 Å². The zero-order valence-electron chi connectivity index (χ0n) is 33.8. The minimum atomic E-state index is -3.76. The SMILES string of the molecule is CCCOCCOCCOCCNC(=O)NCCCCNC(=O)NCCOCCOCCOCCNS(=O)(=O)c1cccc([C@@H]2CN(C)Cc3c(Cl)cc(Cl)cc32)c1. The van der Waals surface area contributed by atoms with Gasteiger partial charge in [-0.2, -0.15) is 0 Å². The maximum absolute atomic E-state index is 13.1. The molecule has 1 aliphatic heterocycles. The van der Waals surface area contributed by atoms with Crippen LogP contribution < -0.4 is 26.0 Å². The molecule has 16 nitrogen and oxygen atoms in total. The van der Waals surface area contributed by atoms with Crippen molar-refractivity contribution < 1.29 is 46.4 Å². The van der Waals surface area contributed by atoms with Gasteiger partial charge in [-0.15, -0.1) is 0 Å². The van der Waals surface area contributed by atoms with Crippen LogP contribution in [0.1, 0.15) is 48.8 Å². The van der Waals surface area contributed by atoms with Crippen molar-refractivity contribution in [3.63, 3.8) is 0 Å². The van der Waals surface area contributed by atoms with Gasteiger partial charge in [0.15, 0.2) is 0 Å². The first-order chi connectivity index (χ1) is 28.1. The summed E-state index contributed by atoms with van der Waals surface area (Å²) in [4.78, 5) is 26.1. The van der Waals surface area contributed by atoms with Gasteiger partial charge in [0.1, 0.15) is 0 Å². The molecule has 19 heteroatoms. The van der Waals surface area contributed by atoms with E-state index in [1.165, 1.54) is 0 Å². The third kappa shape index (κ3) is 20.4. The second kappa shape index (κ2) is 29.4. The minimum Gasteiger partial charge on any atom is -0.379 e. The van der Waals surface area contributed by atoms with Crippen molar-refractivity contribution in [1.82, 2.24) is 30.9 Å². The van der Waals surface area contributed by atoms with Crippen LogP contribution in [-0.2, 0) is 45.0 Å². The van der Waals surface area contributed by atoms with Crippen LogP contribution in [0.25, 0.3) is 0 Å². The number of carbonyl (C=O) groups excluding carboxylic acids is 2. The topological polar surface area (TPSA) is 187 Å². The Balaban J connectivity index is 1.10. The Bertz CT molecular complexity index is 1600. The number of rotatable bonds is 31. The van der Waals surface area contributed by atoms with E-state index in [1.807, 2.05) is 19.2 Å². The summed E-state index contributed by atoms with van der Waals surface area (Å²) in [5.41, 5.74) is 2.88. The standard InChI is InChI=1S/C39H62Cl2N6O10S/c1-3-14-52-18-22-56-23-19-53-15-11-44-38(48)42-9-4-5-10-43-39(49)45-12-16-54-20-24-57-25-21-55-17-13-46-58(50,51)33-8-6-7-31(26-33)35-29-47(2)30-36-34(35)27-32(40)28-37(36)41/h6-8,26-28,35,46H,3-5,9-25,29-30H2,1-2H3,(H2,42,44,48)(H2,43,45,49)/t35-/m0/s1. The average Bonchev–Trinajstić information content (AvgIpc) is 3.20. The molecule has 2 aromatic carbocycles. The first kappa shape index (κ1) is 49.6. The van der Waals surface area contributed by atoms with Crippen molar-refractivity contribution in [2.45, 2.75) is 43.5 Å².